The van der Waals surface area contributed by atoms with Crippen LogP contribution in [0, 0.1) is 11.7 Å². The number of hydrogen-bond acceptors (Lipinski definition) is 7. The van der Waals surface area contributed by atoms with Crippen molar-refractivity contribution in [3.05, 3.63) is 72.1 Å². The number of halogens is 1. The van der Waals surface area contributed by atoms with Crippen LogP contribution in [0.1, 0.15) is 32.0 Å². The lowest BCUT2D eigenvalue weighted by Crippen LogP contribution is -2.10. The third-order valence-corrected chi connectivity index (χ3v) is 5.68. The molecule has 0 aliphatic rings. The van der Waals surface area contributed by atoms with Crippen molar-refractivity contribution >= 4 is 11.8 Å². The van der Waals surface area contributed by atoms with Crippen LogP contribution in [0.3, 0.4) is 0 Å². The molecule has 9 heteroatoms. The van der Waals surface area contributed by atoms with Gasteiger partial charge in [0.05, 0.1) is 5.75 Å². The highest BCUT2D eigenvalue weighted by atomic mass is 32.2. The average Bonchev–Trinajstić information content (AvgIpc) is 3.43. The summed E-state index contributed by atoms with van der Waals surface area (Å²) in [5.74, 6) is 3.16. The van der Waals surface area contributed by atoms with E-state index in [4.69, 9.17) is 9.26 Å². The van der Waals surface area contributed by atoms with Crippen LogP contribution in [-0.4, -0.2) is 24.9 Å². The molecule has 0 spiro atoms. The van der Waals surface area contributed by atoms with E-state index in [1.54, 1.807) is 12.1 Å². The minimum Gasteiger partial charge on any atom is -0.486 e. The van der Waals surface area contributed by atoms with Crippen LogP contribution in [-0.2, 0) is 18.9 Å². The molecule has 32 heavy (non-hydrogen) atoms. The number of aromatic nitrogens is 5. The minimum atomic E-state index is -0.305. The van der Waals surface area contributed by atoms with Gasteiger partial charge in [-0.15, -0.1) is 10.2 Å². The Morgan fingerprint density at radius 2 is 1.84 bits per heavy atom. The van der Waals surface area contributed by atoms with Crippen LogP contribution in [0.15, 0.2) is 64.3 Å². The van der Waals surface area contributed by atoms with Gasteiger partial charge in [0.15, 0.2) is 11.0 Å². The van der Waals surface area contributed by atoms with E-state index >= 15 is 0 Å². The second-order valence-electron chi connectivity index (χ2n) is 7.64. The van der Waals surface area contributed by atoms with Gasteiger partial charge >= 0.3 is 0 Å². The van der Waals surface area contributed by atoms with Gasteiger partial charge in [-0.05, 0) is 48.7 Å². The van der Waals surface area contributed by atoms with E-state index in [0.717, 1.165) is 29.7 Å². The van der Waals surface area contributed by atoms with Crippen LogP contribution in [0.25, 0.3) is 11.4 Å². The first-order valence-corrected chi connectivity index (χ1v) is 11.4. The molecule has 2 heterocycles. The molecule has 2 aromatic carbocycles. The lowest BCUT2D eigenvalue weighted by atomic mass is 10.1. The van der Waals surface area contributed by atoms with Gasteiger partial charge < -0.3 is 13.8 Å². The summed E-state index contributed by atoms with van der Waals surface area (Å²) in [4.78, 5) is 4.41. The summed E-state index contributed by atoms with van der Waals surface area (Å²) in [5, 5.41) is 13.5. The van der Waals surface area contributed by atoms with E-state index in [9.17, 15) is 4.39 Å². The Bertz CT molecular complexity index is 1130. The van der Waals surface area contributed by atoms with E-state index in [-0.39, 0.29) is 5.82 Å². The largest absolute Gasteiger partial charge is 0.486 e. The summed E-state index contributed by atoms with van der Waals surface area (Å²) in [6, 6.07) is 15.6. The summed E-state index contributed by atoms with van der Waals surface area (Å²) in [5.41, 5.74) is 0.701. The number of para-hydroxylation sites is 1. The Balaban J connectivity index is 1.44. The number of thioether (sulfide) groups is 1. The monoisotopic (exact) mass is 453 g/mol. The van der Waals surface area contributed by atoms with E-state index in [0.29, 0.717) is 35.6 Å². The third kappa shape index (κ3) is 5.73. The maximum Gasteiger partial charge on any atom is 0.237 e. The van der Waals surface area contributed by atoms with E-state index in [1.807, 2.05) is 30.3 Å². The maximum atomic E-state index is 13.1. The van der Waals surface area contributed by atoms with Gasteiger partial charge in [-0.3, -0.25) is 0 Å². The SMILES string of the molecule is CC(C)CCn1c(COc2ccccc2)nnc1SCc1nc(-c2ccc(F)cc2)no1. The summed E-state index contributed by atoms with van der Waals surface area (Å²) < 4.78 is 26.5. The molecule has 7 nitrogen and oxygen atoms in total. The second kappa shape index (κ2) is 10.4. The number of rotatable bonds is 10. The fourth-order valence-electron chi connectivity index (χ4n) is 2.97. The summed E-state index contributed by atoms with van der Waals surface area (Å²) in [6.07, 6.45) is 0.999. The van der Waals surface area contributed by atoms with Crippen molar-refractivity contribution in [2.75, 3.05) is 0 Å². The first kappa shape index (κ1) is 22.0. The zero-order chi connectivity index (χ0) is 22.3. The van der Waals surface area contributed by atoms with Gasteiger partial charge in [0.25, 0.3) is 0 Å². The molecule has 0 N–H and O–H groups in total. The molecule has 4 rings (SSSR count). The Kier molecular flexibility index (Phi) is 7.16. The number of hydrogen-bond donors (Lipinski definition) is 0. The highest BCUT2D eigenvalue weighted by molar-refractivity contribution is 7.98. The van der Waals surface area contributed by atoms with Gasteiger partial charge in [-0.25, -0.2) is 4.39 Å². The van der Waals surface area contributed by atoms with Gasteiger partial charge in [-0.2, -0.15) is 4.98 Å². The highest BCUT2D eigenvalue weighted by Crippen LogP contribution is 2.24. The van der Waals surface area contributed by atoms with Crippen molar-refractivity contribution in [3.8, 4) is 17.1 Å². The van der Waals surface area contributed by atoms with E-state index in [1.165, 1.54) is 23.9 Å². The summed E-state index contributed by atoms with van der Waals surface area (Å²) >= 11 is 1.48. The molecular weight excluding hydrogens is 429 g/mol. The van der Waals surface area contributed by atoms with Crippen molar-refractivity contribution in [2.24, 2.45) is 5.92 Å². The van der Waals surface area contributed by atoms with Crippen LogP contribution < -0.4 is 4.74 Å². The molecule has 0 saturated heterocycles. The van der Waals surface area contributed by atoms with Crippen molar-refractivity contribution in [1.29, 1.82) is 0 Å². The van der Waals surface area contributed by atoms with Crippen molar-refractivity contribution in [1.82, 2.24) is 24.9 Å². The number of nitrogens with zero attached hydrogens (tertiary/aromatic N) is 5. The predicted molar refractivity (Wildman–Crippen MR) is 120 cm³/mol. The molecular formula is C23H24FN5O2S. The lowest BCUT2D eigenvalue weighted by Gasteiger charge is -2.12. The Hall–Kier alpha value is -3.20. The highest BCUT2D eigenvalue weighted by Gasteiger charge is 2.16. The average molecular weight is 454 g/mol. The van der Waals surface area contributed by atoms with Crippen LogP contribution in [0.4, 0.5) is 4.39 Å². The molecule has 0 saturated carbocycles. The first-order chi connectivity index (χ1) is 15.6. The van der Waals surface area contributed by atoms with E-state index in [2.05, 4.69) is 38.8 Å². The molecule has 0 amide bonds. The van der Waals surface area contributed by atoms with Gasteiger partial charge in [0, 0.05) is 12.1 Å². The molecule has 0 unspecified atom stereocenters. The molecule has 0 fully saturated rings. The van der Waals surface area contributed by atoms with Crippen molar-refractivity contribution in [2.45, 2.75) is 44.3 Å². The first-order valence-electron chi connectivity index (χ1n) is 10.4. The second-order valence-corrected chi connectivity index (χ2v) is 8.58. The van der Waals surface area contributed by atoms with Crippen LogP contribution in [0.5, 0.6) is 5.75 Å². The van der Waals surface area contributed by atoms with Crippen molar-refractivity contribution in [3.63, 3.8) is 0 Å². The molecule has 4 aromatic rings. The lowest BCUT2D eigenvalue weighted by molar-refractivity contribution is 0.285. The normalized spacial score (nSPS) is 11.2. The van der Waals surface area contributed by atoms with Gasteiger partial charge in [0.1, 0.15) is 18.2 Å². The fourth-order valence-corrected chi connectivity index (χ4v) is 3.79. The zero-order valence-electron chi connectivity index (χ0n) is 17.9. The van der Waals surface area contributed by atoms with Crippen LogP contribution >= 0.6 is 11.8 Å². The number of ether oxygens (including phenoxy) is 1. The minimum absolute atomic E-state index is 0.305. The standard InChI is InChI=1S/C23H24FN5O2S/c1-16(2)12-13-29-20(14-30-19-6-4-3-5-7-19)26-27-23(29)32-15-21-25-22(28-31-21)17-8-10-18(24)11-9-17/h3-11,16H,12-15H2,1-2H3. The van der Waals surface area contributed by atoms with Gasteiger partial charge in [-0.1, -0.05) is 49.0 Å². The molecule has 0 atom stereocenters. The van der Waals surface area contributed by atoms with E-state index < -0.39 is 0 Å². The zero-order valence-corrected chi connectivity index (χ0v) is 18.8. The Morgan fingerprint density at radius 1 is 1.06 bits per heavy atom. The van der Waals surface area contributed by atoms with Crippen molar-refractivity contribution < 1.29 is 13.7 Å². The molecule has 166 valence electrons. The molecule has 2 aromatic heterocycles. The molecule has 0 radical (unpaired) electrons. The van der Waals surface area contributed by atoms with Crippen LogP contribution in [0.2, 0.25) is 0 Å². The third-order valence-electron chi connectivity index (χ3n) is 4.73. The number of benzene rings is 2. The topological polar surface area (TPSA) is 78.9 Å². The maximum absolute atomic E-state index is 13.1. The molecule has 0 bridgehead atoms. The summed E-state index contributed by atoms with van der Waals surface area (Å²) in [6.45, 7) is 5.51. The smallest absolute Gasteiger partial charge is 0.237 e. The quantitative estimate of drug-likeness (QED) is 0.298. The molecule has 0 aliphatic carbocycles. The Labute approximate surface area is 190 Å². The molecule has 0 aliphatic heterocycles. The predicted octanol–water partition coefficient (Wildman–Crippen LogP) is 5.38. The van der Waals surface area contributed by atoms with Gasteiger partial charge in [0.2, 0.25) is 11.7 Å². The summed E-state index contributed by atoms with van der Waals surface area (Å²) in [7, 11) is 0. The Morgan fingerprint density at radius 3 is 2.59 bits per heavy atom. The fraction of sp³-hybridized carbons (Fsp3) is 0.304.